The predicted octanol–water partition coefficient (Wildman–Crippen LogP) is 3.87. The molecule has 2 atom stereocenters. The molecule has 7 nitrogen and oxygen atoms in total. The quantitative estimate of drug-likeness (QED) is 0.785. The second kappa shape index (κ2) is 8.97. The van der Waals surface area contributed by atoms with E-state index in [1.807, 2.05) is 0 Å². The second-order valence-corrected chi connectivity index (χ2v) is 7.80. The van der Waals surface area contributed by atoms with Gasteiger partial charge in [0.05, 0.1) is 0 Å². The van der Waals surface area contributed by atoms with Crippen molar-refractivity contribution < 1.29 is 14.0 Å². The zero-order chi connectivity index (χ0) is 19.2. The van der Waals surface area contributed by atoms with Gasteiger partial charge in [0.2, 0.25) is 0 Å². The molecule has 0 saturated heterocycles. The Morgan fingerprint density at radius 3 is 1.74 bits per heavy atom. The van der Waals surface area contributed by atoms with Crippen molar-refractivity contribution in [1.82, 2.24) is 10.9 Å². The smallest absolute Gasteiger partial charge is 0.307 e. The van der Waals surface area contributed by atoms with Crippen LogP contribution >= 0.6 is 0 Å². The van der Waals surface area contributed by atoms with Crippen LogP contribution in [-0.2, 0) is 0 Å². The van der Waals surface area contributed by atoms with E-state index in [9.17, 15) is 9.59 Å². The van der Waals surface area contributed by atoms with Crippen LogP contribution in [0.4, 0.5) is 0 Å². The van der Waals surface area contributed by atoms with Crippen LogP contribution in [0.1, 0.15) is 86.3 Å². The van der Waals surface area contributed by atoms with Gasteiger partial charge in [-0.25, -0.2) is 10.9 Å². The topological polar surface area (TPSA) is 96.1 Å². The van der Waals surface area contributed by atoms with Crippen LogP contribution in [0.3, 0.4) is 0 Å². The first-order valence-corrected chi connectivity index (χ1v) is 9.82. The van der Waals surface area contributed by atoms with Gasteiger partial charge in [0.25, 0.3) is 0 Å². The Morgan fingerprint density at radius 1 is 0.889 bits per heavy atom. The van der Waals surface area contributed by atoms with E-state index in [2.05, 4.69) is 34.9 Å². The van der Waals surface area contributed by atoms with E-state index in [0.29, 0.717) is 11.8 Å². The van der Waals surface area contributed by atoms with Gasteiger partial charge >= 0.3 is 11.8 Å². The Balaban J connectivity index is 1.54. The fourth-order valence-electron chi connectivity index (χ4n) is 3.68. The standard InChI is InChI=1S/C20H28N4O3/c1-13-5-3-7-15(11-13)21-23-19(25)17-9-10-18(27-17)20(26)24-22-16-8-4-6-14(2)12-16/h9-10,13-14H,3-8,11-12H2,1-2H3,(H,23,25)(H,24,26)/b21-15-,22-16-/t13-,14-/m1/s1. The molecule has 0 bridgehead atoms. The molecule has 3 rings (SSSR count). The summed E-state index contributed by atoms with van der Waals surface area (Å²) in [6, 6.07) is 2.95. The molecule has 0 spiro atoms. The number of rotatable bonds is 4. The van der Waals surface area contributed by atoms with E-state index < -0.39 is 11.8 Å². The summed E-state index contributed by atoms with van der Waals surface area (Å²) in [6.45, 7) is 4.37. The fraction of sp³-hybridized carbons (Fsp3) is 0.600. The van der Waals surface area contributed by atoms with Crippen molar-refractivity contribution in [3.8, 4) is 0 Å². The third-order valence-corrected chi connectivity index (χ3v) is 5.18. The molecule has 0 unspecified atom stereocenters. The van der Waals surface area contributed by atoms with E-state index in [1.165, 1.54) is 25.0 Å². The predicted molar refractivity (Wildman–Crippen MR) is 104 cm³/mol. The second-order valence-electron chi connectivity index (χ2n) is 7.80. The first-order chi connectivity index (χ1) is 13.0. The van der Waals surface area contributed by atoms with Gasteiger partial charge in [0.15, 0.2) is 11.5 Å². The lowest BCUT2D eigenvalue weighted by Crippen LogP contribution is -2.22. The molecular formula is C20H28N4O3. The molecule has 1 aromatic heterocycles. The summed E-state index contributed by atoms with van der Waals surface area (Å²) >= 11 is 0. The molecule has 2 aliphatic carbocycles. The highest BCUT2D eigenvalue weighted by Crippen LogP contribution is 2.22. The molecule has 27 heavy (non-hydrogen) atoms. The van der Waals surface area contributed by atoms with Crippen molar-refractivity contribution in [2.45, 2.75) is 65.2 Å². The average Bonchev–Trinajstić information content (AvgIpc) is 3.15. The van der Waals surface area contributed by atoms with Crippen molar-refractivity contribution in [1.29, 1.82) is 0 Å². The highest BCUT2D eigenvalue weighted by molar-refractivity contribution is 5.97. The highest BCUT2D eigenvalue weighted by atomic mass is 16.4. The monoisotopic (exact) mass is 372 g/mol. The van der Waals surface area contributed by atoms with Gasteiger partial charge in [-0.1, -0.05) is 13.8 Å². The first-order valence-electron chi connectivity index (χ1n) is 9.82. The zero-order valence-electron chi connectivity index (χ0n) is 16.1. The Hall–Kier alpha value is -2.44. The maximum atomic E-state index is 12.2. The normalized spacial score (nSPS) is 26.1. The highest BCUT2D eigenvalue weighted by Gasteiger charge is 2.18. The number of carbonyl (C=O) groups excluding carboxylic acids is 2. The lowest BCUT2D eigenvalue weighted by Gasteiger charge is -2.18. The van der Waals surface area contributed by atoms with Crippen molar-refractivity contribution in [2.24, 2.45) is 22.0 Å². The molecular weight excluding hydrogens is 344 g/mol. The number of hydrazone groups is 2. The van der Waals surface area contributed by atoms with Crippen LogP contribution in [0.15, 0.2) is 26.8 Å². The van der Waals surface area contributed by atoms with E-state index in [-0.39, 0.29) is 11.5 Å². The van der Waals surface area contributed by atoms with Crippen LogP contribution in [0, 0.1) is 11.8 Å². The van der Waals surface area contributed by atoms with Crippen LogP contribution in [-0.4, -0.2) is 23.2 Å². The summed E-state index contributed by atoms with van der Waals surface area (Å²) in [5.74, 6) is 0.420. The minimum Gasteiger partial charge on any atom is -0.446 e. The van der Waals surface area contributed by atoms with Crippen molar-refractivity contribution >= 4 is 23.2 Å². The molecule has 0 radical (unpaired) electrons. The van der Waals surface area contributed by atoms with E-state index in [0.717, 1.165) is 49.9 Å². The minimum absolute atomic E-state index is 0.0623. The molecule has 2 N–H and O–H groups in total. The molecule has 1 aromatic rings. The van der Waals surface area contributed by atoms with Crippen molar-refractivity contribution in [2.75, 3.05) is 0 Å². The summed E-state index contributed by atoms with van der Waals surface area (Å²) in [7, 11) is 0. The fourth-order valence-corrected chi connectivity index (χ4v) is 3.68. The summed E-state index contributed by atoms with van der Waals surface area (Å²) in [6.07, 6.45) is 8.24. The number of amides is 2. The Labute approximate surface area is 159 Å². The third-order valence-electron chi connectivity index (χ3n) is 5.18. The lowest BCUT2D eigenvalue weighted by molar-refractivity contribution is 0.0901. The van der Waals surface area contributed by atoms with Crippen LogP contribution in [0.25, 0.3) is 0 Å². The third kappa shape index (κ3) is 5.52. The van der Waals surface area contributed by atoms with Crippen molar-refractivity contribution in [3.63, 3.8) is 0 Å². The summed E-state index contributed by atoms with van der Waals surface area (Å²) in [4.78, 5) is 24.3. The molecule has 2 saturated carbocycles. The maximum Gasteiger partial charge on any atom is 0.307 e. The Kier molecular flexibility index (Phi) is 6.42. The largest absolute Gasteiger partial charge is 0.446 e. The number of nitrogens with one attached hydrogen (secondary N) is 2. The average molecular weight is 372 g/mol. The molecule has 1 heterocycles. The molecule has 146 valence electrons. The molecule has 0 aromatic carbocycles. The van der Waals surface area contributed by atoms with Gasteiger partial charge in [0, 0.05) is 11.4 Å². The molecule has 2 aliphatic rings. The number of nitrogens with zero attached hydrogens (tertiary/aromatic N) is 2. The van der Waals surface area contributed by atoms with Gasteiger partial charge in [-0.3, -0.25) is 9.59 Å². The number of hydrogen-bond acceptors (Lipinski definition) is 5. The van der Waals surface area contributed by atoms with E-state index >= 15 is 0 Å². The lowest BCUT2D eigenvalue weighted by atomic mass is 9.89. The van der Waals surface area contributed by atoms with Crippen LogP contribution in [0.2, 0.25) is 0 Å². The zero-order valence-corrected chi connectivity index (χ0v) is 16.1. The molecule has 2 fully saturated rings. The van der Waals surface area contributed by atoms with Gasteiger partial charge in [-0.05, 0) is 75.3 Å². The number of hydrogen-bond donors (Lipinski definition) is 2. The van der Waals surface area contributed by atoms with Crippen molar-refractivity contribution in [3.05, 3.63) is 23.7 Å². The van der Waals surface area contributed by atoms with Gasteiger partial charge in [0.1, 0.15) is 0 Å². The maximum absolute atomic E-state index is 12.2. The minimum atomic E-state index is -0.452. The summed E-state index contributed by atoms with van der Waals surface area (Å²) in [5, 5.41) is 8.41. The van der Waals surface area contributed by atoms with Gasteiger partial charge in [-0.2, -0.15) is 10.2 Å². The molecule has 7 heteroatoms. The van der Waals surface area contributed by atoms with Gasteiger partial charge < -0.3 is 4.42 Å². The van der Waals surface area contributed by atoms with Gasteiger partial charge in [-0.15, -0.1) is 0 Å². The summed E-state index contributed by atoms with van der Waals surface area (Å²) < 4.78 is 5.37. The summed E-state index contributed by atoms with van der Waals surface area (Å²) in [5.41, 5.74) is 7.06. The van der Waals surface area contributed by atoms with Crippen LogP contribution < -0.4 is 10.9 Å². The molecule has 0 aliphatic heterocycles. The van der Waals surface area contributed by atoms with E-state index in [4.69, 9.17) is 4.42 Å². The number of furan rings is 1. The number of carbonyl (C=O) groups is 2. The Bertz CT molecular complexity index is 690. The molecule has 2 amide bonds. The van der Waals surface area contributed by atoms with Crippen LogP contribution in [0.5, 0.6) is 0 Å². The Morgan fingerprint density at radius 2 is 1.33 bits per heavy atom. The van der Waals surface area contributed by atoms with E-state index in [1.54, 1.807) is 0 Å². The SMILES string of the molecule is C[C@@H]1CCC/C(=N/NC(=O)c2ccc(C(=O)N/N=C3/CCC[C@@H](C)C3)o2)C1. The first kappa shape index (κ1) is 19.3.